The molecule has 244 valence electrons. The number of pyridine rings is 1. The quantitative estimate of drug-likeness (QED) is 0.288. The summed E-state index contributed by atoms with van der Waals surface area (Å²) in [6.07, 6.45) is 5.99. The molecule has 46 heavy (non-hydrogen) atoms. The monoisotopic (exact) mass is 627 g/mol. The molecule has 0 atom stereocenters. The largest absolute Gasteiger partial charge is 0.443 e. The van der Waals surface area contributed by atoms with Crippen LogP contribution in [0.1, 0.15) is 86.1 Å². The highest BCUT2D eigenvalue weighted by Crippen LogP contribution is 2.30. The fourth-order valence-electron chi connectivity index (χ4n) is 5.23. The van der Waals surface area contributed by atoms with Gasteiger partial charge in [0, 0.05) is 25.5 Å². The van der Waals surface area contributed by atoms with E-state index < -0.39 is 23.4 Å². The fraction of sp³-hybridized carbons (Fsp3) is 0.405. The maximum Gasteiger partial charge on any atom is 0.420 e. The van der Waals surface area contributed by atoms with Crippen molar-refractivity contribution in [1.82, 2.24) is 14.8 Å². The molecule has 3 amide bonds. The van der Waals surface area contributed by atoms with Gasteiger partial charge in [-0.25, -0.2) is 14.5 Å². The van der Waals surface area contributed by atoms with Crippen LogP contribution in [0, 0.1) is 0 Å². The molecule has 3 aromatic rings. The summed E-state index contributed by atoms with van der Waals surface area (Å²) in [5, 5.41) is 10.5. The van der Waals surface area contributed by atoms with Crippen molar-refractivity contribution in [2.75, 3.05) is 13.1 Å². The Kier molecular flexibility index (Phi) is 11.0. The third kappa shape index (κ3) is 9.50. The second-order valence-corrected chi connectivity index (χ2v) is 13.4. The molecule has 1 aromatic heterocycles. The first-order chi connectivity index (χ1) is 21.7. The Labute approximate surface area is 271 Å². The Balaban J connectivity index is 1.50. The molecule has 0 saturated carbocycles. The SMILES string of the molecule is CC(C)(C)OC(=O)N(Cc1cccc(C2=CCN(C(=O)c3cncc(CCc4ccccc4)c3)CC2)c1CO)C(=O)OC(C)(C)C. The number of hydrogen-bond acceptors (Lipinski definition) is 7. The molecule has 0 saturated heterocycles. The Morgan fingerprint density at radius 2 is 1.52 bits per heavy atom. The minimum atomic E-state index is -0.833. The van der Waals surface area contributed by atoms with E-state index in [0.717, 1.165) is 34.4 Å². The number of carbonyl (C=O) groups excluding carboxylic acids is 3. The molecule has 2 heterocycles. The summed E-state index contributed by atoms with van der Waals surface area (Å²) in [6, 6.07) is 17.7. The van der Waals surface area contributed by atoms with E-state index in [1.807, 2.05) is 48.7 Å². The number of ether oxygens (including phenoxy) is 2. The van der Waals surface area contributed by atoms with Crippen LogP contribution in [0.2, 0.25) is 0 Å². The zero-order chi connectivity index (χ0) is 33.5. The lowest BCUT2D eigenvalue weighted by Crippen LogP contribution is -2.43. The lowest BCUT2D eigenvalue weighted by atomic mass is 9.91. The van der Waals surface area contributed by atoms with Gasteiger partial charge in [-0.05, 0) is 100 Å². The molecule has 0 bridgehead atoms. The van der Waals surface area contributed by atoms with Crippen molar-refractivity contribution in [1.29, 1.82) is 0 Å². The number of nitrogens with zero attached hydrogens (tertiary/aromatic N) is 3. The molecule has 2 aromatic carbocycles. The normalized spacial score (nSPS) is 13.5. The topological polar surface area (TPSA) is 109 Å². The highest BCUT2D eigenvalue weighted by molar-refractivity contribution is 5.94. The van der Waals surface area contributed by atoms with Crippen molar-refractivity contribution < 1.29 is 29.0 Å². The number of aromatic nitrogens is 1. The predicted octanol–water partition coefficient (Wildman–Crippen LogP) is 6.96. The Morgan fingerprint density at radius 1 is 0.870 bits per heavy atom. The first kappa shape index (κ1) is 34.4. The van der Waals surface area contributed by atoms with Crippen molar-refractivity contribution >= 4 is 23.7 Å². The fourth-order valence-corrected chi connectivity index (χ4v) is 5.23. The van der Waals surface area contributed by atoms with Gasteiger partial charge in [0.1, 0.15) is 11.2 Å². The number of rotatable bonds is 8. The van der Waals surface area contributed by atoms with E-state index in [2.05, 4.69) is 17.1 Å². The second kappa shape index (κ2) is 14.7. The number of amides is 3. The van der Waals surface area contributed by atoms with Gasteiger partial charge in [-0.3, -0.25) is 9.78 Å². The van der Waals surface area contributed by atoms with E-state index in [9.17, 15) is 19.5 Å². The average Bonchev–Trinajstić information content (AvgIpc) is 3.01. The van der Waals surface area contributed by atoms with Crippen LogP contribution in [-0.4, -0.2) is 62.3 Å². The van der Waals surface area contributed by atoms with Gasteiger partial charge >= 0.3 is 12.2 Å². The van der Waals surface area contributed by atoms with Crippen LogP contribution in [0.15, 0.2) is 73.1 Å². The summed E-state index contributed by atoms with van der Waals surface area (Å²) in [5.41, 5.74) is 4.14. The maximum atomic E-state index is 13.4. The van der Waals surface area contributed by atoms with Crippen LogP contribution in [0.5, 0.6) is 0 Å². The van der Waals surface area contributed by atoms with E-state index in [1.54, 1.807) is 58.7 Å². The van der Waals surface area contributed by atoms with E-state index in [4.69, 9.17) is 9.47 Å². The molecule has 0 spiro atoms. The van der Waals surface area contributed by atoms with Crippen LogP contribution in [0.4, 0.5) is 9.59 Å². The van der Waals surface area contributed by atoms with Gasteiger partial charge in [-0.1, -0.05) is 54.6 Å². The van der Waals surface area contributed by atoms with Gasteiger partial charge < -0.3 is 19.5 Å². The Morgan fingerprint density at radius 3 is 2.11 bits per heavy atom. The molecule has 0 radical (unpaired) electrons. The zero-order valence-corrected chi connectivity index (χ0v) is 27.7. The predicted molar refractivity (Wildman–Crippen MR) is 177 cm³/mol. The summed E-state index contributed by atoms with van der Waals surface area (Å²) in [7, 11) is 0. The van der Waals surface area contributed by atoms with E-state index >= 15 is 0 Å². The molecule has 9 nitrogen and oxygen atoms in total. The highest BCUT2D eigenvalue weighted by Gasteiger charge is 2.32. The number of aliphatic hydroxyl groups is 1. The van der Waals surface area contributed by atoms with Crippen molar-refractivity contribution in [3.05, 3.63) is 106 Å². The second-order valence-electron chi connectivity index (χ2n) is 13.4. The molecule has 0 aliphatic carbocycles. The highest BCUT2D eigenvalue weighted by atomic mass is 16.6. The molecule has 1 N–H and O–H groups in total. The summed E-state index contributed by atoms with van der Waals surface area (Å²) in [6.45, 7) is 10.8. The molecular formula is C37H45N3O6. The molecule has 0 fully saturated rings. The molecule has 1 aliphatic heterocycles. The van der Waals surface area contributed by atoms with Crippen molar-refractivity contribution in [2.24, 2.45) is 0 Å². The Hall–Kier alpha value is -4.50. The lowest BCUT2D eigenvalue weighted by Gasteiger charge is -2.30. The molecule has 1 aliphatic rings. The number of benzene rings is 2. The minimum absolute atomic E-state index is 0.0779. The summed E-state index contributed by atoms with van der Waals surface area (Å²) < 4.78 is 11.0. The van der Waals surface area contributed by atoms with E-state index in [0.29, 0.717) is 36.2 Å². The zero-order valence-electron chi connectivity index (χ0n) is 27.7. The van der Waals surface area contributed by atoms with Gasteiger partial charge in [0.25, 0.3) is 5.91 Å². The average molecular weight is 628 g/mol. The smallest absolute Gasteiger partial charge is 0.420 e. The number of hydrogen-bond donors (Lipinski definition) is 1. The molecular weight excluding hydrogens is 582 g/mol. The number of aryl methyl sites for hydroxylation is 2. The van der Waals surface area contributed by atoms with E-state index in [1.165, 1.54) is 5.56 Å². The van der Waals surface area contributed by atoms with Crippen LogP contribution in [0.25, 0.3) is 5.57 Å². The van der Waals surface area contributed by atoms with Gasteiger partial charge in [0.15, 0.2) is 0 Å². The van der Waals surface area contributed by atoms with Gasteiger partial charge in [-0.15, -0.1) is 0 Å². The van der Waals surface area contributed by atoms with Crippen LogP contribution in [-0.2, 0) is 35.5 Å². The molecule has 9 heteroatoms. The summed E-state index contributed by atoms with van der Waals surface area (Å²) in [4.78, 5) is 46.7. The third-order valence-electron chi connectivity index (χ3n) is 7.42. The molecule has 4 rings (SSSR count). The third-order valence-corrected chi connectivity index (χ3v) is 7.42. The summed E-state index contributed by atoms with van der Waals surface area (Å²) in [5.74, 6) is -0.0779. The van der Waals surface area contributed by atoms with Crippen molar-refractivity contribution in [3.63, 3.8) is 0 Å². The maximum absolute atomic E-state index is 13.4. The number of carbonyl (C=O) groups is 3. The number of aliphatic hydroxyl groups excluding tert-OH is 1. The van der Waals surface area contributed by atoms with Gasteiger partial charge in [-0.2, -0.15) is 0 Å². The summed E-state index contributed by atoms with van der Waals surface area (Å²) >= 11 is 0. The first-order valence-corrected chi connectivity index (χ1v) is 15.7. The lowest BCUT2D eigenvalue weighted by molar-refractivity contribution is -0.000379. The van der Waals surface area contributed by atoms with Crippen LogP contribution < -0.4 is 0 Å². The first-order valence-electron chi connectivity index (χ1n) is 15.7. The number of imide groups is 1. The van der Waals surface area contributed by atoms with E-state index in [-0.39, 0.29) is 19.1 Å². The van der Waals surface area contributed by atoms with Crippen LogP contribution >= 0.6 is 0 Å². The minimum Gasteiger partial charge on any atom is -0.443 e. The van der Waals surface area contributed by atoms with Gasteiger partial charge in [0.05, 0.1) is 18.7 Å². The Bertz CT molecular complexity index is 1540. The standard InChI is InChI=1S/C37H45N3O6/c1-36(2,3)45-34(43)40(35(44)46-37(4,5)6)24-29-13-10-14-31(32(29)25-41)28-17-19-39(20-18-28)33(42)30-21-27(22-38-23-30)16-15-26-11-8-7-9-12-26/h7-14,17,21-23,41H,15-16,18-20,24-25H2,1-6H3. The van der Waals surface area contributed by atoms with Crippen molar-refractivity contribution in [2.45, 2.75) is 85.2 Å². The molecule has 0 unspecified atom stereocenters. The van der Waals surface area contributed by atoms with Gasteiger partial charge in [0.2, 0.25) is 0 Å². The van der Waals surface area contributed by atoms with Crippen molar-refractivity contribution in [3.8, 4) is 0 Å². The van der Waals surface area contributed by atoms with Crippen LogP contribution in [0.3, 0.4) is 0 Å².